The number of ether oxygens (including phenoxy) is 2. The number of aromatic nitrogens is 4. The number of anilines is 3. The van der Waals surface area contributed by atoms with Gasteiger partial charge in [0, 0.05) is 28.8 Å². The third-order valence-corrected chi connectivity index (χ3v) is 5.95. The minimum Gasteiger partial charge on any atom is -0.493 e. The van der Waals surface area contributed by atoms with Crippen LogP contribution in [-0.2, 0) is 11.2 Å². The molecule has 0 aliphatic rings. The van der Waals surface area contributed by atoms with Gasteiger partial charge in [-0.1, -0.05) is 6.07 Å². The SMILES string of the molecule is COc1cc2c(Nc3cc(CC(=O)Nc4cccc(F)c4F)[nH]n3)ncnc2cc1OCCCNC(C)(C)CO. The number of hydrogen-bond acceptors (Lipinski definition) is 9. The number of hydrogen-bond donors (Lipinski definition) is 5. The molecule has 0 spiro atoms. The number of fused-ring (bicyclic) bond motifs is 1. The van der Waals surface area contributed by atoms with E-state index in [2.05, 4.69) is 36.1 Å². The molecule has 13 heteroatoms. The number of aliphatic hydroxyl groups excluding tert-OH is 1. The van der Waals surface area contributed by atoms with Gasteiger partial charge in [-0.25, -0.2) is 18.7 Å². The van der Waals surface area contributed by atoms with E-state index in [0.29, 0.717) is 52.9 Å². The lowest BCUT2D eigenvalue weighted by atomic mass is 10.1. The van der Waals surface area contributed by atoms with Gasteiger partial charge in [0.1, 0.15) is 12.1 Å². The van der Waals surface area contributed by atoms with Crippen LogP contribution in [0.3, 0.4) is 0 Å². The van der Waals surface area contributed by atoms with E-state index in [1.807, 2.05) is 13.8 Å². The minimum atomic E-state index is -1.12. The molecule has 0 atom stereocenters. The van der Waals surface area contributed by atoms with E-state index in [9.17, 15) is 18.7 Å². The van der Waals surface area contributed by atoms with E-state index in [1.165, 1.54) is 25.6 Å². The lowest BCUT2D eigenvalue weighted by molar-refractivity contribution is -0.115. The Labute approximate surface area is 229 Å². The van der Waals surface area contributed by atoms with Crippen molar-refractivity contribution in [3.63, 3.8) is 0 Å². The van der Waals surface area contributed by atoms with Gasteiger partial charge in [0.15, 0.2) is 29.0 Å². The first-order valence-corrected chi connectivity index (χ1v) is 12.6. The molecule has 2 aromatic carbocycles. The second-order valence-electron chi connectivity index (χ2n) is 9.64. The third-order valence-electron chi connectivity index (χ3n) is 5.95. The molecule has 0 aliphatic carbocycles. The summed E-state index contributed by atoms with van der Waals surface area (Å²) in [6.07, 6.45) is 1.98. The molecule has 0 unspecified atom stereocenters. The van der Waals surface area contributed by atoms with Gasteiger partial charge in [-0.2, -0.15) is 5.10 Å². The largest absolute Gasteiger partial charge is 0.493 e. The molecule has 212 valence electrons. The highest BCUT2D eigenvalue weighted by molar-refractivity contribution is 5.93. The lowest BCUT2D eigenvalue weighted by Crippen LogP contribution is -2.43. The van der Waals surface area contributed by atoms with Crippen molar-refractivity contribution >= 4 is 34.1 Å². The second kappa shape index (κ2) is 12.7. The number of methoxy groups -OCH3 is 1. The smallest absolute Gasteiger partial charge is 0.230 e. The fourth-order valence-electron chi connectivity index (χ4n) is 3.78. The number of H-pyrrole nitrogens is 1. The Bertz CT molecular complexity index is 1480. The van der Waals surface area contributed by atoms with Crippen LogP contribution >= 0.6 is 0 Å². The van der Waals surface area contributed by atoms with E-state index in [0.717, 1.165) is 12.5 Å². The molecule has 2 heterocycles. The molecular formula is C27H31F2N7O4. The van der Waals surface area contributed by atoms with Crippen molar-refractivity contribution in [3.8, 4) is 11.5 Å². The van der Waals surface area contributed by atoms with Crippen LogP contribution in [0.15, 0.2) is 42.7 Å². The second-order valence-corrected chi connectivity index (χ2v) is 9.64. The fourth-order valence-corrected chi connectivity index (χ4v) is 3.78. The molecule has 0 saturated carbocycles. The summed E-state index contributed by atoms with van der Waals surface area (Å²) in [6.45, 7) is 4.99. The number of aliphatic hydroxyl groups is 1. The molecule has 0 saturated heterocycles. The summed E-state index contributed by atoms with van der Waals surface area (Å²) < 4.78 is 38.7. The van der Waals surface area contributed by atoms with Gasteiger partial charge in [0.2, 0.25) is 5.91 Å². The van der Waals surface area contributed by atoms with Crippen molar-refractivity contribution < 1.29 is 28.2 Å². The van der Waals surface area contributed by atoms with Crippen LogP contribution in [0, 0.1) is 11.6 Å². The predicted octanol–water partition coefficient (Wildman–Crippen LogP) is 3.69. The Morgan fingerprint density at radius 1 is 1.15 bits per heavy atom. The van der Waals surface area contributed by atoms with Crippen LogP contribution in [-0.4, -0.2) is 63.6 Å². The van der Waals surface area contributed by atoms with Crippen LogP contribution in [0.1, 0.15) is 26.0 Å². The Morgan fingerprint density at radius 3 is 2.75 bits per heavy atom. The van der Waals surface area contributed by atoms with Gasteiger partial charge in [0.25, 0.3) is 0 Å². The number of nitrogens with one attached hydrogen (secondary N) is 4. The third kappa shape index (κ3) is 7.18. The topological polar surface area (TPSA) is 146 Å². The summed E-state index contributed by atoms with van der Waals surface area (Å²) >= 11 is 0. The number of amides is 1. The number of carbonyl (C=O) groups excluding carboxylic acids is 1. The normalized spacial score (nSPS) is 11.4. The molecule has 1 amide bonds. The molecule has 0 aliphatic heterocycles. The standard InChI is InChI=1S/C27H31F2N7O4/c1-27(2,14-37)32-8-5-9-40-22-13-20-17(12-21(22)39-3)26(31-15-30-20)34-23-10-16(35-36-23)11-24(38)33-19-7-4-6-18(28)25(19)29/h4,6-7,10,12-13,15,32,37H,5,8-9,11,14H2,1-3H3,(H,33,38)(H2,30,31,34,35,36). The lowest BCUT2D eigenvalue weighted by Gasteiger charge is -2.23. The Kier molecular flexibility index (Phi) is 9.07. The van der Waals surface area contributed by atoms with Crippen molar-refractivity contribution in [3.05, 3.63) is 60.1 Å². The van der Waals surface area contributed by atoms with Crippen molar-refractivity contribution in [2.24, 2.45) is 0 Å². The van der Waals surface area contributed by atoms with Gasteiger partial charge in [-0.3, -0.25) is 9.89 Å². The van der Waals surface area contributed by atoms with Crippen LogP contribution in [0.4, 0.5) is 26.1 Å². The van der Waals surface area contributed by atoms with Crippen LogP contribution in [0.2, 0.25) is 0 Å². The number of halogens is 2. The summed E-state index contributed by atoms with van der Waals surface area (Å²) in [7, 11) is 1.54. The highest BCUT2D eigenvalue weighted by Crippen LogP contribution is 2.34. The molecule has 4 aromatic rings. The molecule has 11 nitrogen and oxygen atoms in total. The summed E-state index contributed by atoms with van der Waals surface area (Å²) in [4.78, 5) is 21.0. The van der Waals surface area contributed by atoms with Gasteiger partial charge in [-0.05, 0) is 45.0 Å². The molecule has 0 fully saturated rings. The van der Waals surface area contributed by atoms with Gasteiger partial charge < -0.3 is 30.5 Å². The highest BCUT2D eigenvalue weighted by Gasteiger charge is 2.16. The fraction of sp³-hybridized carbons (Fsp3) is 0.333. The zero-order valence-electron chi connectivity index (χ0n) is 22.3. The highest BCUT2D eigenvalue weighted by atomic mass is 19.2. The molecule has 2 aromatic heterocycles. The number of nitrogens with zero attached hydrogens (tertiary/aromatic N) is 3. The van der Waals surface area contributed by atoms with E-state index in [4.69, 9.17) is 9.47 Å². The summed E-state index contributed by atoms with van der Waals surface area (Å²) in [5.41, 5.74) is 0.459. The zero-order valence-corrected chi connectivity index (χ0v) is 22.3. The maximum atomic E-state index is 13.8. The summed E-state index contributed by atoms with van der Waals surface area (Å²) in [5, 5.41) is 25.6. The van der Waals surface area contributed by atoms with E-state index < -0.39 is 17.5 Å². The van der Waals surface area contributed by atoms with E-state index in [-0.39, 0.29) is 24.3 Å². The molecule has 4 rings (SSSR count). The van der Waals surface area contributed by atoms with Crippen LogP contribution < -0.4 is 25.4 Å². The summed E-state index contributed by atoms with van der Waals surface area (Å²) in [5.74, 6) is -0.846. The van der Waals surface area contributed by atoms with E-state index >= 15 is 0 Å². The number of rotatable bonds is 13. The molecule has 40 heavy (non-hydrogen) atoms. The Hall–Kier alpha value is -4.36. The number of aromatic amines is 1. The average Bonchev–Trinajstić information content (AvgIpc) is 3.37. The van der Waals surface area contributed by atoms with Crippen molar-refractivity contribution in [1.29, 1.82) is 0 Å². The Morgan fingerprint density at radius 2 is 1.98 bits per heavy atom. The monoisotopic (exact) mass is 555 g/mol. The first kappa shape index (κ1) is 28.6. The predicted molar refractivity (Wildman–Crippen MR) is 146 cm³/mol. The van der Waals surface area contributed by atoms with Crippen molar-refractivity contribution in [2.45, 2.75) is 32.2 Å². The van der Waals surface area contributed by atoms with Gasteiger partial charge in [0.05, 0.1) is 37.9 Å². The van der Waals surface area contributed by atoms with Crippen molar-refractivity contribution in [2.75, 3.05) is 37.5 Å². The summed E-state index contributed by atoms with van der Waals surface area (Å²) in [6, 6.07) is 8.68. The van der Waals surface area contributed by atoms with Gasteiger partial charge >= 0.3 is 0 Å². The van der Waals surface area contributed by atoms with Gasteiger partial charge in [-0.15, -0.1) is 0 Å². The Balaban J connectivity index is 1.41. The maximum Gasteiger partial charge on any atom is 0.230 e. The molecular weight excluding hydrogens is 524 g/mol. The first-order valence-electron chi connectivity index (χ1n) is 12.6. The minimum absolute atomic E-state index is 0.0368. The first-order chi connectivity index (χ1) is 19.2. The molecule has 5 N–H and O–H groups in total. The number of benzene rings is 2. The zero-order chi connectivity index (χ0) is 28.7. The molecule has 0 radical (unpaired) electrons. The van der Waals surface area contributed by atoms with Crippen LogP contribution in [0.5, 0.6) is 11.5 Å². The number of carbonyl (C=O) groups is 1. The molecule has 0 bridgehead atoms. The van der Waals surface area contributed by atoms with Crippen LogP contribution in [0.25, 0.3) is 10.9 Å². The maximum absolute atomic E-state index is 13.8. The van der Waals surface area contributed by atoms with Crippen molar-refractivity contribution in [1.82, 2.24) is 25.5 Å². The quantitative estimate of drug-likeness (QED) is 0.156. The average molecular weight is 556 g/mol. The van der Waals surface area contributed by atoms with E-state index in [1.54, 1.807) is 18.2 Å².